The number of ether oxygens (including phenoxy) is 2. The van der Waals surface area contributed by atoms with Crippen molar-refractivity contribution in [2.45, 2.75) is 58.6 Å². The van der Waals surface area contributed by atoms with Gasteiger partial charge in [-0.25, -0.2) is 18.6 Å². The van der Waals surface area contributed by atoms with Crippen molar-refractivity contribution in [1.29, 1.82) is 0 Å². The predicted octanol–water partition coefficient (Wildman–Crippen LogP) is 5.65. The Hall–Kier alpha value is -4.15. The molecular formula is C29H32F2N6O3. The van der Waals surface area contributed by atoms with Crippen LogP contribution in [0.3, 0.4) is 0 Å². The smallest absolute Gasteiger partial charge is 0.410 e. The molecule has 9 nitrogen and oxygen atoms in total. The zero-order chi connectivity index (χ0) is 28.6. The molecular weight excluding hydrogens is 518 g/mol. The number of likely N-dealkylation sites (tertiary alicyclic amines) is 1. The number of imidazole rings is 1. The van der Waals surface area contributed by atoms with E-state index in [0.717, 1.165) is 24.6 Å². The van der Waals surface area contributed by atoms with E-state index in [2.05, 4.69) is 19.9 Å². The van der Waals surface area contributed by atoms with E-state index in [9.17, 15) is 9.18 Å². The van der Waals surface area contributed by atoms with E-state index in [4.69, 9.17) is 9.47 Å². The quantitative estimate of drug-likeness (QED) is 0.317. The monoisotopic (exact) mass is 550 g/mol. The molecule has 1 amide bonds. The minimum atomic E-state index is -0.547. The number of rotatable bonds is 5. The van der Waals surface area contributed by atoms with Gasteiger partial charge in [0, 0.05) is 30.4 Å². The second-order valence-corrected chi connectivity index (χ2v) is 11.0. The molecule has 210 valence electrons. The van der Waals surface area contributed by atoms with Gasteiger partial charge in [-0.2, -0.15) is 9.97 Å². The van der Waals surface area contributed by atoms with Crippen LogP contribution in [0.4, 0.5) is 13.6 Å². The molecule has 5 rings (SSSR count). The number of carbonyl (C=O) groups excluding carboxylic acids is 1. The highest BCUT2D eigenvalue weighted by molar-refractivity contribution is 5.79. The average Bonchev–Trinajstić information content (AvgIpc) is 3.27. The highest BCUT2D eigenvalue weighted by Crippen LogP contribution is 2.32. The number of halogens is 2. The largest absolute Gasteiger partial charge is 0.467 e. The summed E-state index contributed by atoms with van der Waals surface area (Å²) in [5.41, 5.74) is 2.74. The summed E-state index contributed by atoms with van der Waals surface area (Å²) < 4.78 is 42.1. The number of benzene rings is 1. The lowest BCUT2D eigenvalue weighted by atomic mass is 9.89. The maximum atomic E-state index is 15.6. The zero-order valence-electron chi connectivity index (χ0n) is 23.2. The third-order valence-corrected chi connectivity index (χ3v) is 6.92. The summed E-state index contributed by atoms with van der Waals surface area (Å²) in [7, 11) is 1.47. The number of piperidine rings is 1. The Morgan fingerprint density at radius 1 is 1.07 bits per heavy atom. The Morgan fingerprint density at radius 2 is 1.82 bits per heavy atom. The number of hydrogen-bond acceptors (Lipinski definition) is 7. The van der Waals surface area contributed by atoms with Crippen LogP contribution in [0.2, 0.25) is 0 Å². The van der Waals surface area contributed by atoms with Crippen molar-refractivity contribution in [2.24, 2.45) is 0 Å². The summed E-state index contributed by atoms with van der Waals surface area (Å²) >= 11 is 0. The topological polar surface area (TPSA) is 95.3 Å². The molecule has 40 heavy (non-hydrogen) atoms. The van der Waals surface area contributed by atoms with Crippen LogP contribution in [-0.2, 0) is 11.3 Å². The molecule has 1 aliphatic heterocycles. The van der Waals surface area contributed by atoms with Gasteiger partial charge in [-0.1, -0.05) is 12.1 Å². The lowest BCUT2D eigenvalue weighted by molar-refractivity contribution is 0.0204. The minimum absolute atomic E-state index is 0.102. The molecule has 0 spiro atoms. The molecule has 0 unspecified atom stereocenters. The molecule has 1 aliphatic rings. The van der Waals surface area contributed by atoms with Gasteiger partial charge in [-0.15, -0.1) is 0 Å². The standard InChI is InChI=1S/C29H32F2N6O3/c1-17-24-26(35-27(33-17)39-5)37(25(34-24)21-12-22(30)15-32-14-21)16-20-7-6-19(13-23(20)31)18-8-10-36(11-9-18)28(38)40-29(2,3)4/h6-7,12-15,18H,8-11,16H2,1-5H3. The maximum Gasteiger partial charge on any atom is 0.410 e. The second-order valence-electron chi connectivity index (χ2n) is 11.0. The fourth-order valence-electron chi connectivity index (χ4n) is 4.95. The number of hydrogen-bond donors (Lipinski definition) is 0. The lowest BCUT2D eigenvalue weighted by Crippen LogP contribution is -2.41. The average molecular weight is 551 g/mol. The number of nitrogens with zero attached hydrogens (tertiary/aromatic N) is 6. The molecule has 3 aromatic heterocycles. The second kappa shape index (κ2) is 10.8. The van der Waals surface area contributed by atoms with Gasteiger partial charge >= 0.3 is 12.1 Å². The van der Waals surface area contributed by atoms with Gasteiger partial charge in [-0.05, 0) is 64.2 Å². The molecule has 1 aromatic carbocycles. The molecule has 0 aliphatic carbocycles. The summed E-state index contributed by atoms with van der Waals surface area (Å²) in [6, 6.07) is 6.73. The molecule has 11 heteroatoms. The SMILES string of the molecule is COc1nc(C)c2nc(-c3cncc(F)c3)n(Cc3ccc(C4CCN(C(=O)OC(C)(C)C)CC4)cc3F)c2n1. The third kappa shape index (κ3) is 5.73. The van der Waals surface area contributed by atoms with Crippen LogP contribution in [0.1, 0.15) is 56.4 Å². The fourth-order valence-corrected chi connectivity index (χ4v) is 4.95. The first-order chi connectivity index (χ1) is 19.0. The molecule has 1 fully saturated rings. The van der Waals surface area contributed by atoms with Crippen molar-refractivity contribution in [3.63, 3.8) is 0 Å². The van der Waals surface area contributed by atoms with Crippen LogP contribution in [0.25, 0.3) is 22.6 Å². The molecule has 4 aromatic rings. The van der Waals surface area contributed by atoms with Crippen LogP contribution in [0, 0.1) is 18.6 Å². The normalized spacial score (nSPS) is 14.5. The predicted molar refractivity (Wildman–Crippen MR) is 145 cm³/mol. The van der Waals surface area contributed by atoms with Gasteiger partial charge in [0.25, 0.3) is 0 Å². The van der Waals surface area contributed by atoms with Gasteiger partial charge in [-0.3, -0.25) is 4.98 Å². The lowest BCUT2D eigenvalue weighted by Gasteiger charge is -2.33. The Bertz CT molecular complexity index is 1560. The van der Waals surface area contributed by atoms with E-state index in [-0.39, 0.29) is 30.4 Å². The first-order valence-electron chi connectivity index (χ1n) is 13.2. The Morgan fingerprint density at radius 3 is 2.48 bits per heavy atom. The Kier molecular flexibility index (Phi) is 7.39. The van der Waals surface area contributed by atoms with Crippen molar-refractivity contribution in [3.8, 4) is 17.4 Å². The van der Waals surface area contributed by atoms with Crippen LogP contribution in [0.15, 0.2) is 36.7 Å². The Balaban J connectivity index is 1.41. The first-order valence-corrected chi connectivity index (χ1v) is 13.2. The van der Waals surface area contributed by atoms with Crippen LogP contribution in [-0.4, -0.2) is 61.3 Å². The highest BCUT2D eigenvalue weighted by atomic mass is 19.1. The number of aryl methyl sites for hydroxylation is 1. The van der Waals surface area contributed by atoms with Crippen molar-refractivity contribution in [2.75, 3.05) is 20.2 Å². The summed E-state index contributed by atoms with van der Waals surface area (Å²) in [5.74, 6) is -0.352. The van der Waals surface area contributed by atoms with E-state index >= 15 is 4.39 Å². The molecule has 0 radical (unpaired) electrons. The van der Waals surface area contributed by atoms with Gasteiger partial charge in [0.15, 0.2) is 5.65 Å². The number of fused-ring (bicyclic) bond motifs is 1. The summed E-state index contributed by atoms with van der Waals surface area (Å²) in [5, 5.41) is 0. The molecule has 0 saturated carbocycles. The number of aromatic nitrogens is 5. The van der Waals surface area contributed by atoms with Gasteiger partial charge in [0.1, 0.15) is 28.6 Å². The molecule has 0 atom stereocenters. The van der Waals surface area contributed by atoms with Crippen LogP contribution < -0.4 is 4.74 Å². The summed E-state index contributed by atoms with van der Waals surface area (Å²) in [6.07, 6.45) is 3.73. The number of amides is 1. The van der Waals surface area contributed by atoms with Crippen molar-refractivity contribution in [3.05, 3.63) is 65.1 Å². The van der Waals surface area contributed by atoms with Crippen molar-refractivity contribution < 1.29 is 23.0 Å². The van der Waals surface area contributed by atoms with E-state index in [1.807, 2.05) is 26.8 Å². The zero-order valence-corrected chi connectivity index (χ0v) is 23.2. The highest BCUT2D eigenvalue weighted by Gasteiger charge is 2.28. The van der Waals surface area contributed by atoms with E-state index in [1.54, 1.807) is 28.5 Å². The van der Waals surface area contributed by atoms with Gasteiger partial charge in [0.2, 0.25) is 0 Å². The minimum Gasteiger partial charge on any atom is -0.467 e. The van der Waals surface area contributed by atoms with Crippen LogP contribution in [0.5, 0.6) is 6.01 Å². The van der Waals surface area contributed by atoms with Crippen molar-refractivity contribution in [1.82, 2.24) is 29.4 Å². The fraction of sp³-hybridized carbons (Fsp3) is 0.414. The third-order valence-electron chi connectivity index (χ3n) is 6.92. The Labute approximate surface area is 231 Å². The van der Waals surface area contributed by atoms with E-state index in [1.165, 1.54) is 19.4 Å². The molecule has 0 bridgehead atoms. The summed E-state index contributed by atoms with van der Waals surface area (Å²) in [4.78, 5) is 31.5. The number of pyridine rings is 1. The number of methoxy groups -OCH3 is 1. The maximum absolute atomic E-state index is 15.6. The van der Waals surface area contributed by atoms with Crippen LogP contribution >= 0.6 is 0 Å². The summed E-state index contributed by atoms with van der Waals surface area (Å²) in [6.45, 7) is 8.52. The van der Waals surface area contributed by atoms with Crippen molar-refractivity contribution >= 4 is 17.3 Å². The van der Waals surface area contributed by atoms with E-state index < -0.39 is 11.4 Å². The molecule has 1 saturated heterocycles. The van der Waals surface area contributed by atoms with Gasteiger partial charge < -0.3 is 18.9 Å². The first kappa shape index (κ1) is 27.4. The van der Waals surface area contributed by atoms with E-state index in [0.29, 0.717) is 46.9 Å². The number of carbonyl (C=O) groups is 1. The van der Waals surface area contributed by atoms with Gasteiger partial charge in [0.05, 0.1) is 25.5 Å². The molecule has 4 heterocycles. The molecule has 0 N–H and O–H groups in total.